The Morgan fingerprint density at radius 1 is 0.818 bits per heavy atom. The van der Waals surface area contributed by atoms with Gasteiger partial charge in [-0.2, -0.15) is 0 Å². The average molecular weight is 524 g/mol. The quantitative estimate of drug-likeness (QED) is 0.261. The van der Waals surface area contributed by atoms with Gasteiger partial charge in [0, 0.05) is 19.3 Å². The number of nitro groups is 2. The van der Waals surface area contributed by atoms with Crippen LogP contribution in [0.2, 0.25) is 0 Å². The van der Waals surface area contributed by atoms with Crippen LogP contribution in [-0.4, -0.2) is 15.6 Å². The first-order chi connectivity index (χ1) is 10.3. The van der Waals surface area contributed by atoms with Gasteiger partial charge in [0.1, 0.15) is 11.1 Å². The van der Waals surface area contributed by atoms with Crippen LogP contribution in [0.4, 0.5) is 11.4 Å². The van der Waals surface area contributed by atoms with E-state index in [0.717, 1.165) is 0 Å². The summed E-state index contributed by atoms with van der Waals surface area (Å²) in [7, 11) is 0. The van der Waals surface area contributed by atoms with E-state index in [2.05, 4.69) is 0 Å². The lowest BCUT2D eigenvalue weighted by Gasteiger charge is -2.05. The SMILES string of the molecule is O=C(c1ccc(I)cc1[N+](=O)[O-])c1ccc(I)cc1[N+](=O)[O-]. The number of ketones is 1. The van der Waals surface area contributed by atoms with Crippen molar-refractivity contribution in [3.8, 4) is 0 Å². The molecule has 22 heavy (non-hydrogen) atoms. The molecular formula is C13H6I2N2O5. The molecule has 0 spiro atoms. The van der Waals surface area contributed by atoms with Gasteiger partial charge in [-0.25, -0.2) is 0 Å². The van der Waals surface area contributed by atoms with Gasteiger partial charge in [-0.3, -0.25) is 25.0 Å². The van der Waals surface area contributed by atoms with Crippen molar-refractivity contribution in [2.45, 2.75) is 0 Å². The maximum absolute atomic E-state index is 12.5. The highest BCUT2D eigenvalue weighted by Gasteiger charge is 2.27. The first-order valence-electron chi connectivity index (χ1n) is 5.74. The normalized spacial score (nSPS) is 10.3. The summed E-state index contributed by atoms with van der Waals surface area (Å²) in [6.45, 7) is 0. The highest BCUT2D eigenvalue weighted by atomic mass is 127. The number of benzene rings is 2. The van der Waals surface area contributed by atoms with E-state index in [1.54, 1.807) is 12.1 Å². The second-order valence-electron chi connectivity index (χ2n) is 4.17. The van der Waals surface area contributed by atoms with Crippen LogP contribution in [0.3, 0.4) is 0 Å². The smallest absolute Gasteiger partial charge is 0.281 e. The van der Waals surface area contributed by atoms with Crippen molar-refractivity contribution < 1.29 is 14.6 Å². The van der Waals surface area contributed by atoms with Gasteiger partial charge in [0.15, 0.2) is 0 Å². The van der Waals surface area contributed by atoms with Gasteiger partial charge >= 0.3 is 0 Å². The number of halogens is 2. The summed E-state index contributed by atoms with van der Waals surface area (Å²) in [4.78, 5) is 33.4. The molecule has 0 saturated heterocycles. The van der Waals surface area contributed by atoms with Crippen molar-refractivity contribution in [3.05, 3.63) is 74.9 Å². The van der Waals surface area contributed by atoms with Crippen LogP contribution in [0, 0.1) is 27.4 Å². The summed E-state index contributed by atoms with van der Waals surface area (Å²) < 4.78 is 1.19. The van der Waals surface area contributed by atoms with Crippen LogP contribution in [0.5, 0.6) is 0 Å². The summed E-state index contributed by atoms with van der Waals surface area (Å²) in [6, 6.07) is 8.21. The van der Waals surface area contributed by atoms with E-state index in [9.17, 15) is 25.0 Å². The Labute approximate surface area is 151 Å². The molecule has 0 aromatic heterocycles. The zero-order valence-electron chi connectivity index (χ0n) is 10.7. The maximum atomic E-state index is 12.5. The van der Waals surface area contributed by atoms with E-state index >= 15 is 0 Å². The molecule has 0 atom stereocenters. The number of hydrogen-bond donors (Lipinski definition) is 0. The molecule has 7 nitrogen and oxygen atoms in total. The maximum Gasteiger partial charge on any atom is 0.281 e. The van der Waals surface area contributed by atoms with E-state index in [0.29, 0.717) is 7.14 Å². The van der Waals surface area contributed by atoms with E-state index in [4.69, 9.17) is 0 Å². The molecule has 0 aliphatic rings. The Bertz CT molecular complexity index is 742. The second-order valence-corrected chi connectivity index (χ2v) is 6.66. The molecule has 0 bridgehead atoms. The predicted molar refractivity (Wildman–Crippen MR) is 95.1 cm³/mol. The number of nitrogens with zero attached hydrogens (tertiary/aromatic N) is 2. The molecule has 0 heterocycles. The van der Waals surface area contributed by atoms with E-state index < -0.39 is 15.6 Å². The van der Waals surface area contributed by atoms with Crippen molar-refractivity contribution in [1.29, 1.82) is 0 Å². The zero-order valence-corrected chi connectivity index (χ0v) is 15.0. The third-order valence-corrected chi connectivity index (χ3v) is 4.14. The topological polar surface area (TPSA) is 103 Å². The van der Waals surface area contributed by atoms with Gasteiger partial charge in [0.05, 0.1) is 9.85 Å². The Morgan fingerprint density at radius 2 is 1.18 bits per heavy atom. The second kappa shape index (κ2) is 6.64. The fourth-order valence-corrected chi connectivity index (χ4v) is 2.79. The van der Waals surface area contributed by atoms with E-state index in [1.165, 1.54) is 24.3 Å². The monoisotopic (exact) mass is 524 g/mol. The van der Waals surface area contributed by atoms with Crippen molar-refractivity contribution >= 4 is 62.3 Å². The Morgan fingerprint density at radius 3 is 1.50 bits per heavy atom. The number of hydrogen-bond acceptors (Lipinski definition) is 5. The highest BCUT2D eigenvalue weighted by molar-refractivity contribution is 14.1. The molecule has 0 saturated carbocycles. The molecule has 0 aliphatic heterocycles. The van der Waals surface area contributed by atoms with Crippen molar-refractivity contribution in [1.82, 2.24) is 0 Å². The molecule has 0 amide bonds. The minimum absolute atomic E-state index is 0.172. The third kappa shape index (κ3) is 3.40. The Hall–Kier alpha value is -1.63. The average Bonchev–Trinajstić information content (AvgIpc) is 2.46. The molecule has 9 heteroatoms. The molecule has 0 N–H and O–H groups in total. The largest absolute Gasteiger partial charge is 0.288 e. The van der Waals surface area contributed by atoms with Gasteiger partial charge < -0.3 is 0 Å². The lowest BCUT2D eigenvalue weighted by molar-refractivity contribution is -0.385. The zero-order chi connectivity index (χ0) is 16.4. The number of rotatable bonds is 4. The molecular weight excluding hydrogens is 518 g/mol. The van der Waals surface area contributed by atoms with Gasteiger partial charge in [0.2, 0.25) is 5.78 Å². The fourth-order valence-electron chi connectivity index (χ4n) is 1.84. The molecule has 0 unspecified atom stereocenters. The lowest BCUT2D eigenvalue weighted by atomic mass is 10.0. The molecule has 112 valence electrons. The third-order valence-electron chi connectivity index (χ3n) is 2.80. The number of carbonyl (C=O) groups excluding carboxylic acids is 1. The van der Waals surface area contributed by atoms with Crippen LogP contribution in [-0.2, 0) is 0 Å². The summed E-state index contributed by atoms with van der Waals surface area (Å²) in [5.74, 6) is -0.744. The van der Waals surface area contributed by atoms with Gasteiger partial charge in [-0.1, -0.05) is 0 Å². The summed E-state index contributed by atoms with van der Waals surface area (Å²) in [5, 5.41) is 22.2. The standard InChI is InChI=1S/C13H6I2N2O5/c14-7-1-3-9(11(5-7)16(19)20)13(18)10-4-2-8(15)6-12(10)17(21)22/h1-6H. The fraction of sp³-hybridized carbons (Fsp3) is 0. The number of carbonyl (C=O) groups is 1. The van der Waals surface area contributed by atoms with Gasteiger partial charge in [0.25, 0.3) is 11.4 Å². The molecule has 2 aromatic carbocycles. The van der Waals surface area contributed by atoms with Crippen LogP contribution < -0.4 is 0 Å². The molecule has 2 aromatic rings. The first kappa shape index (κ1) is 16.7. The first-order valence-corrected chi connectivity index (χ1v) is 7.89. The Kier molecular flexibility index (Phi) is 5.05. The summed E-state index contributed by atoms with van der Waals surface area (Å²) in [5.41, 5.74) is -1.08. The van der Waals surface area contributed by atoms with E-state index in [1.807, 2.05) is 45.2 Å². The van der Waals surface area contributed by atoms with Crippen LogP contribution in [0.1, 0.15) is 15.9 Å². The van der Waals surface area contributed by atoms with Crippen LogP contribution >= 0.6 is 45.2 Å². The summed E-state index contributed by atoms with van der Waals surface area (Å²) in [6.07, 6.45) is 0. The molecule has 0 radical (unpaired) electrons. The highest BCUT2D eigenvalue weighted by Crippen LogP contribution is 2.28. The van der Waals surface area contributed by atoms with Crippen LogP contribution in [0.25, 0.3) is 0 Å². The predicted octanol–water partition coefficient (Wildman–Crippen LogP) is 3.94. The van der Waals surface area contributed by atoms with Crippen molar-refractivity contribution in [2.75, 3.05) is 0 Å². The molecule has 0 aliphatic carbocycles. The lowest BCUT2D eigenvalue weighted by Crippen LogP contribution is -2.08. The van der Waals surface area contributed by atoms with E-state index in [-0.39, 0.29) is 22.5 Å². The van der Waals surface area contributed by atoms with Crippen LogP contribution in [0.15, 0.2) is 36.4 Å². The van der Waals surface area contributed by atoms with Crippen molar-refractivity contribution in [3.63, 3.8) is 0 Å². The minimum Gasteiger partial charge on any atom is -0.288 e. The van der Waals surface area contributed by atoms with Gasteiger partial charge in [-0.05, 0) is 69.4 Å². The summed E-state index contributed by atoms with van der Waals surface area (Å²) >= 11 is 3.78. The minimum atomic E-state index is -0.744. The number of nitro benzene ring substituents is 2. The van der Waals surface area contributed by atoms with Crippen molar-refractivity contribution in [2.24, 2.45) is 0 Å². The Balaban J connectivity index is 2.63. The molecule has 0 fully saturated rings. The molecule has 2 rings (SSSR count). The van der Waals surface area contributed by atoms with Gasteiger partial charge in [-0.15, -0.1) is 0 Å².